The number of carbonyl (C=O) groups is 2. The fourth-order valence-corrected chi connectivity index (χ4v) is 1.86. The second kappa shape index (κ2) is 4.84. The molecular formula is C14H12O3. The molecule has 2 rings (SSSR count). The molecule has 0 radical (unpaired) electrons. The highest BCUT2D eigenvalue weighted by molar-refractivity contribution is 5.89. The minimum atomic E-state index is -0.544. The van der Waals surface area contributed by atoms with Crippen LogP contribution in [0.3, 0.4) is 0 Å². The van der Waals surface area contributed by atoms with E-state index in [1.165, 1.54) is 7.11 Å². The van der Waals surface area contributed by atoms with Gasteiger partial charge >= 0.3 is 5.97 Å². The molecule has 1 aliphatic rings. The lowest BCUT2D eigenvalue weighted by Crippen LogP contribution is -2.13. The van der Waals surface area contributed by atoms with Gasteiger partial charge in [-0.1, -0.05) is 12.0 Å². The van der Waals surface area contributed by atoms with Gasteiger partial charge in [0.05, 0.1) is 7.11 Å². The van der Waals surface area contributed by atoms with Gasteiger partial charge in [0.2, 0.25) is 0 Å². The molecule has 0 amide bonds. The first kappa shape index (κ1) is 11.4. The van der Waals surface area contributed by atoms with E-state index in [9.17, 15) is 9.59 Å². The maximum atomic E-state index is 11.3. The molecule has 86 valence electrons. The molecule has 0 atom stereocenters. The predicted molar refractivity (Wildman–Crippen MR) is 62.4 cm³/mol. The lowest BCUT2D eigenvalue weighted by Gasteiger charge is -2.14. The van der Waals surface area contributed by atoms with Crippen LogP contribution in [0.5, 0.6) is 0 Å². The summed E-state index contributed by atoms with van der Waals surface area (Å²) in [6, 6.07) is 5.68. The fourth-order valence-electron chi connectivity index (χ4n) is 1.86. The molecular weight excluding hydrogens is 216 g/mol. The van der Waals surface area contributed by atoms with Gasteiger partial charge < -0.3 is 4.74 Å². The summed E-state index contributed by atoms with van der Waals surface area (Å²) in [6.45, 7) is 0. The van der Waals surface area contributed by atoms with Gasteiger partial charge in [-0.2, -0.15) is 0 Å². The Morgan fingerprint density at radius 2 is 2.12 bits per heavy atom. The summed E-state index contributed by atoms with van der Waals surface area (Å²) in [5, 5.41) is 0. The first-order valence-electron chi connectivity index (χ1n) is 5.42. The molecule has 0 unspecified atom stereocenters. The Morgan fingerprint density at radius 3 is 2.88 bits per heavy atom. The second-order valence-electron chi connectivity index (χ2n) is 3.94. The van der Waals surface area contributed by atoms with Crippen molar-refractivity contribution in [2.24, 2.45) is 0 Å². The van der Waals surface area contributed by atoms with Gasteiger partial charge in [0.15, 0.2) is 0 Å². The minimum Gasteiger partial charge on any atom is -0.459 e. The molecule has 0 heterocycles. The van der Waals surface area contributed by atoms with Crippen LogP contribution in [0, 0.1) is 11.8 Å². The van der Waals surface area contributed by atoms with E-state index >= 15 is 0 Å². The first-order chi connectivity index (χ1) is 8.19. The Balaban J connectivity index is 2.24. The zero-order valence-electron chi connectivity index (χ0n) is 9.58. The molecule has 1 aliphatic carbocycles. The number of methoxy groups -OCH3 is 1. The maximum absolute atomic E-state index is 11.3. The third-order valence-corrected chi connectivity index (χ3v) is 2.76. The van der Waals surface area contributed by atoms with Crippen molar-refractivity contribution in [1.29, 1.82) is 0 Å². The number of fused-ring (bicyclic) bond motifs is 1. The number of ketones is 1. The molecule has 3 heteroatoms. The fraction of sp³-hybridized carbons (Fsp3) is 0.286. The zero-order valence-corrected chi connectivity index (χ0v) is 9.58. The number of hydrogen-bond donors (Lipinski definition) is 0. The number of hydrogen-bond acceptors (Lipinski definition) is 3. The lowest BCUT2D eigenvalue weighted by atomic mass is 9.90. The topological polar surface area (TPSA) is 43.4 Å². The molecule has 0 aliphatic heterocycles. The summed E-state index contributed by atoms with van der Waals surface area (Å²) < 4.78 is 4.44. The number of rotatable bonds is 0. The van der Waals surface area contributed by atoms with Crippen molar-refractivity contribution in [2.45, 2.75) is 19.3 Å². The normalized spacial score (nSPS) is 13.4. The van der Waals surface area contributed by atoms with Gasteiger partial charge in [0.25, 0.3) is 0 Å². The number of ether oxygens (including phenoxy) is 1. The van der Waals surface area contributed by atoms with E-state index in [0.29, 0.717) is 12.8 Å². The van der Waals surface area contributed by atoms with Crippen molar-refractivity contribution in [3.05, 3.63) is 34.9 Å². The molecule has 17 heavy (non-hydrogen) atoms. The standard InChI is InChI=1S/C14H12O3/c1-17-14(16)7-3-10-2-4-12-9-13(15)6-5-11(12)8-10/h2,4,8H,5-6,9H2,1H3. The molecule has 0 N–H and O–H groups in total. The number of benzene rings is 1. The van der Waals surface area contributed by atoms with Crippen LogP contribution in [0.15, 0.2) is 18.2 Å². The smallest absolute Gasteiger partial charge is 0.384 e. The third kappa shape index (κ3) is 2.73. The van der Waals surface area contributed by atoms with Crippen molar-refractivity contribution in [3.63, 3.8) is 0 Å². The Labute approximate surface area is 99.8 Å². The van der Waals surface area contributed by atoms with Gasteiger partial charge in [0, 0.05) is 24.3 Å². The van der Waals surface area contributed by atoms with Gasteiger partial charge in [-0.3, -0.25) is 4.79 Å². The Hall–Kier alpha value is -2.08. The average molecular weight is 228 g/mol. The largest absolute Gasteiger partial charge is 0.459 e. The van der Waals surface area contributed by atoms with Crippen molar-refractivity contribution in [2.75, 3.05) is 7.11 Å². The molecule has 1 aromatic rings. The van der Waals surface area contributed by atoms with Gasteiger partial charge in [-0.15, -0.1) is 0 Å². The van der Waals surface area contributed by atoms with Crippen LogP contribution in [0.2, 0.25) is 0 Å². The summed E-state index contributed by atoms with van der Waals surface area (Å²) in [7, 11) is 1.30. The molecule has 0 aromatic heterocycles. The van der Waals surface area contributed by atoms with Crippen molar-refractivity contribution in [3.8, 4) is 11.8 Å². The molecule has 0 bridgehead atoms. The van der Waals surface area contributed by atoms with E-state index in [1.807, 2.05) is 18.2 Å². The zero-order chi connectivity index (χ0) is 12.3. The number of carbonyl (C=O) groups excluding carboxylic acids is 2. The van der Waals surface area contributed by atoms with Crippen LogP contribution in [-0.2, 0) is 27.2 Å². The summed E-state index contributed by atoms with van der Waals surface area (Å²) in [5.41, 5.74) is 3.01. The highest BCUT2D eigenvalue weighted by atomic mass is 16.5. The highest BCUT2D eigenvalue weighted by Gasteiger charge is 2.15. The maximum Gasteiger partial charge on any atom is 0.384 e. The number of esters is 1. The second-order valence-corrected chi connectivity index (χ2v) is 3.94. The van der Waals surface area contributed by atoms with E-state index in [4.69, 9.17) is 0 Å². The SMILES string of the molecule is COC(=O)C#Cc1ccc2c(c1)CCC(=O)C2. The van der Waals surface area contributed by atoms with Crippen molar-refractivity contribution in [1.82, 2.24) is 0 Å². The summed E-state index contributed by atoms with van der Waals surface area (Å²) in [6.07, 6.45) is 1.88. The molecule has 0 saturated carbocycles. The lowest BCUT2D eigenvalue weighted by molar-refractivity contribution is -0.133. The van der Waals surface area contributed by atoms with Crippen LogP contribution >= 0.6 is 0 Å². The minimum absolute atomic E-state index is 0.283. The van der Waals surface area contributed by atoms with Gasteiger partial charge in [0.1, 0.15) is 5.78 Å². The van der Waals surface area contributed by atoms with Crippen molar-refractivity contribution < 1.29 is 14.3 Å². The van der Waals surface area contributed by atoms with Crippen LogP contribution in [0.25, 0.3) is 0 Å². The monoisotopic (exact) mass is 228 g/mol. The van der Waals surface area contributed by atoms with E-state index in [2.05, 4.69) is 16.6 Å². The predicted octanol–water partition coefficient (Wildman–Crippen LogP) is 1.27. The third-order valence-electron chi connectivity index (χ3n) is 2.76. The number of Topliss-reactive ketones (excluding diaryl/α,β-unsaturated/α-hetero) is 1. The van der Waals surface area contributed by atoms with E-state index in [-0.39, 0.29) is 5.78 Å². The molecule has 0 spiro atoms. The molecule has 3 nitrogen and oxygen atoms in total. The Kier molecular flexibility index (Phi) is 3.24. The summed E-state index contributed by atoms with van der Waals surface area (Å²) in [5.74, 6) is 4.87. The van der Waals surface area contributed by atoms with E-state index in [1.54, 1.807) is 0 Å². The van der Waals surface area contributed by atoms with E-state index in [0.717, 1.165) is 23.1 Å². The Bertz CT molecular complexity index is 532. The Morgan fingerprint density at radius 1 is 1.29 bits per heavy atom. The van der Waals surface area contributed by atoms with Crippen molar-refractivity contribution >= 4 is 11.8 Å². The molecule has 0 fully saturated rings. The summed E-state index contributed by atoms with van der Waals surface area (Å²) >= 11 is 0. The number of aryl methyl sites for hydroxylation is 1. The van der Waals surface area contributed by atoms with Gasteiger partial charge in [-0.25, -0.2) is 4.79 Å². The first-order valence-corrected chi connectivity index (χ1v) is 5.42. The summed E-state index contributed by atoms with van der Waals surface area (Å²) in [4.78, 5) is 22.2. The molecule has 0 saturated heterocycles. The van der Waals surface area contributed by atoms with Crippen LogP contribution < -0.4 is 0 Å². The van der Waals surface area contributed by atoms with Crippen LogP contribution in [0.4, 0.5) is 0 Å². The average Bonchev–Trinajstić information content (AvgIpc) is 2.35. The van der Waals surface area contributed by atoms with Gasteiger partial charge in [-0.05, 0) is 29.7 Å². The van der Waals surface area contributed by atoms with Crippen LogP contribution in [0.1, 0.15) is 23.1 Å². The highest BCUT2D eigenvalue weighted by Crippen LogP contribution is 2.20. The van der Waals surface area contributed by atoms with E-state index < -0.39 is 5.97 Å². The molecule has 1 aromatic carbocycles. The quantitative estimate of drug-likeness (QED) is 0.496. The van der Waals surface area contributed by atoms with Crippen LogP contribution in [-0.4, -0.2) is 18.9 Å².